The SMILES string of the molecule is CCCN(CCC)C(=O)c1cccc(N2C(=O)/C(=C3\SC(=S)N(c4cccc(C(=O)N(CCC)CCC)c4)C3=O)SC2=S)c1. The number of amides is 4. The number of nitrogens with zero attached hydrogens (tertiary/aromatic N) is 4. The molecule has 8 nitrogen and oxygen atoms in total. The molecule has 2 saturated heterocycles. The van der Waals surface area contributed by atoms with Crippen LogP contribution in [0.25, 0.3) is 0 Å². The van der Waals surface area contributed by atoms with Gasteiger partial charge in [0.2, 0.25) is 0 Å². The number of benzene rings is 2. The molecule has 4 amide bonds. The minimum Gasteiger partial charge on any atom is -0.339 e. The summed E-state index contributed by atoms with van der Waals surface area (Å²) in [5.41, 5.74) is 1.87. The first kappa shape index (κ1) is 33.8. The van der Waals surface area contributed by atoms with E-state index in [0.717, 1.165) is 49.2 Å². The van der Waals surface area contributed by atoms with Gasteiger partial charge in [-0.25, -0.2) is 0 Å². The van der Waals surface area contributed by atoms with E-state index in [1.54, 1.807) is 48.5 Å². The molecule has 2 aromatic carbocycles. The van der Waals surface area contributed by atoms with Crippen molar-refractivity contribution in [3.8, 4) is 0 Å². The van der Waals surface area contributed by atoms with Crippen LogP contribution in [0.1, 0.15) is 74.1 Å². The maximum Gasteiger partial charge on any atom is 0.272 e. The number of carbonyl (C=O) groups is 4. The molecule has 2 aromatic rings. The fourth-order valence-corrected chi connectivity index (χ4v) is 7.84. The summed E-state index contributed by atoms with van der Waals surface area (Å²) in [5, 5.41) is 0. The minimum atomic E-state index is -0.442. The van der Waals surface area contributed by atoms with Gasteiger partial charge in [0.15, 0.2) is 8.64 Å². The smallest absolute Gasteiger partial charge is 0.272 e. The Morgan fingerprint density at radius 1 is 0.636 bits per heavy atom. The highest BCUT2D eigenvalue weighted by Crippen LogP contribution is 2.44. The normalized spacial score (nSPS) is 16.7. The summed E-state index contributed by atoms with van der Waals surface area (Å²) in [7, 11) is 0. The van der Waals surface area contributed by atoms with Crippen molar-refractivity contribution in [3.05, 3.63) is 69.5 Å². The Bertz CT molecular complexity index is 1400. The Labute approximate surface area is 278 Å². The Balaban J connectivity index is 1.61. The molecule has 12 heteroatoms. The topological polar surface area (TPSA) is 81.2 Å². The van der Waals surface area contributed by atoms with Gasteiger partial charge in [0, 0.05) is 37.3 Å². The van der Waals surface area contributed by atoms with Crippen LogP contribution in [0.15, 0.2) is 58.3 Å². The average Bonchev–Trinajstić information content (AvgIpc) is 3.48. The summed E-state index contributed by atoms with van der Waals surface area (Å²) in [6.07, 6.45) is 3.37. The molecule has 0 atom stereocenters. The molecular formula is C32H36N4O4S4. The molecule has 0 N–H and O–H groups in total. The van der Waals surface area contributed by atoms with E-state index in [1.165, 1.54) is 9.80 Å². The molecule has 44 heavy (non-hydrogen) atoms. The highest BCUT2D eigenvalue weighted by Gasteiger charge is 2.43. The number of thioether (sulfide) groups is 2. The molecule has 2 fully saturated rings. The van der Waals surface area contributed by atoms with Gasteiger partial charge in [-0.05, 0) is 62.1 Å². The van der Waals surface area contributed by atoms with Crippen molar-refractivity contribution in [2.75, 3.05) is 36.0 Å². The van der Waals surface area contributed by atoms with Crippen LogP contribution in [0.5, 0.6) is 0 Å². The van der Waals surface area contributed by atoms with Crippen LogP contribution in [0.3, 0.4) is 0 Å². The Hall–Kier alpha value is -3.06. The van der Waals surface area contributed by atoms with Crippen LogP contribution in [-0.2, 0) is 9.59 Å². The lowest BCUT2D eigenvalue weighted by molar-refractivity contribution is -0.115. The zero-order chi connectivity index (χ0) is 32.0. The van der Waals surface area contributed by atoms with Crippen molar-refractivity contribution in [2.45, 2.75) is 53.4 Å². The summed E-state index contributed by atoms with van der Waals surface area (Å²) < 4.78 is 0.525. The van der Waals surface area contributed by atoms with Gasteiger partial charge in [0.1, 0.15) is 0 Å². The zero-order valence-corrected chi connectivity index (χ0v) is 28.6. The first-order valence-corrected chi connectivity index (χ1v) is 17.3. The van der Waals surface area contributed by atoms with E-state index < -0.39 is 11.8 Å². The largest absolute Gasteiger partial charge is 0.339 e. The van der Waals surface area contributed by atoms with Gasteiger partial charge in [-0.2, -0.15) is 0 Å². The Kier molecular flexibility index (Phi) is 11.8. The van der Waals surface area contributed by atoms with Crippen LogP contribution in [0.4, 0.5) is 11.4 Å². The Morgan fingerprint density at radius 3 is 1.30 bits per heavy atom. The average molecular weight is 669 g/mol. The fourth-order valence-electron chi connectivity index (χ4n) is 5.09. The predicted octanol–water partition coefficient (Wildman–Crippen LogP) is 6.85. The maximum absolute atomic E-state index is 13.7. The van der Waals surface area contributed by atoms with E-state index in [4.69, 9.17) is 24.4 Å². The monoisotopic (exact) mass is 668 g/mol. The van der Waals surface area contributed by atoms with E-state index in [0.29, 0.717) is 48.7 Å². The van der Waals surface area contributed by atoms with Crippen molar-refractivity contribution in [3.63, 3.8) is 0 Å². The molecule has 2 aliphatic rings. The molecule has 0 radical (unpaired) electrons. The third-order valence-corrected chi connectivity index (χ3v) is 9.87. The van der Waals surface area contributed by atoms with Gasteiger partial charge in [-0.1, -0.05) is 87.8 Å². The van der Waals surface area contributed by atoms with Gasteiger partial charge in [0.25, 0.3) is 23.6 Å². The molecule has 4 rings (SSSR count). The van der Waals surface area contributed by atoms with Crippen molar-refractivity contribution in [1.82, 2.24) is 9.80 Å². The predicted molar refractivity (Wildman–Crippen MR) is 188 cm³/mol. The summed E-state index contributed by atoms with van der Waals surface area (Å²) in [6.45, 7) is 10.7. The van der Waals surface area contributed by atoms with Gasteiger partial charge < -0.3 is 9.80 Å². The minimum absolute atomic E-state index is 0.102. The van der Waals surface area contributed by atoms with Crippen LogP contribution in [0, 0.1) is 0 Å². The van der Waals surface area contributed by atoms with Gasteiger partial charge >= 0.3 is 0 Å². The first-order valence-electron chi connectivity index (χ1n) is 14.8. The van der Waals surface area contributed by atoms with E-state index in [-0.39, 0.29) is 30.3 Å². The molecule has 0 aliphatic carbocycles. The summed E-state index contributed by atoms with van der Waals surface area (Å²) >= 11 is 13.3. The van der Waals surface area contributed by atoms with E-state index >= 15 is 0 Å². The van der Waals surface area contributed by atoms with Crippen molar-refractivity contribution >= 4 is 91.6 Å². The van der Waals surface area contributed by atoms with Gasteiger partial charge in [-0.15, -0.1) is 0 Å². The van der Waals surface area contributed by atoms with Crippen LogP contribution < -0.4 is 9.80 Å². The van der Waals surface area contributed by atoms with E-state index in [9.17, 15) is 19.2 Å². The molecule has 0 spiro atoms. The Morgan fingerprint density at radius 2 is 0.977 bits per heavy atom. The van der Waals surface area contributed by atoms with Gasteiger partial charge in [-0.3, -0.25) is 29.0 Å². The van der Waals surface area contributed by atoms with Crippen molar-refractivity contribution < 1.29 is 19.2 Å². The maximum atomic E-state index is 13.7. The zero-order valence-electron chi connectivity index (χ0n) is 25.3. The standard InChI is InChI=1S/C32H36N4O4S4/c1-5-15-33(16-6-2)27(37)21-11-9-13-23(19-21)35-29(39)25(43-31(35)41)26-30(40)36(32(42)44-26)24-14-10-12-22(20-24)28(38)34(17-7-3)18-8-4/h9-14,19-20H,5-8,15-18H2,1-4H3/b26-25+. The van der Waals surface area contributed by atoms with E-state index in [1.807, 2.05) is 37.5 Å². The van der Waals surface area contributed by atoms with Crippen LogP contribution in [-0.4, -0.2) is 68.2 Å². The number of thiocarbonyl (C=S) groups is 2. The second-order valence-corrected chi connectivity index (χ2v) is 13.6. The molecule has 0 unspecified atom stereocenters. The highest BCUT2D eigenvalue weighted by molar-refractivity contribution is 8.30. The molecular weight excluding hydrogens is 633 g/mol. The number of anilines is 2. The quantitative estimate of drug-likeness (QED) is 0.180. The molecule has 2 aliphatic heterocycles. The number of hydrogen-bond donors (Lipinski definition) is 0. The number of carbonyl (C=O) groups excluding carboxylic acids is 4. The summed E-state index contributed by atoms with van der Waals surface area (Å²) in [4.78, 5) is 60.7. The van der Waals surface area contributed by atoms with Crippen LogP contribution >= 0.6 is 48.0 Å². The second kappa shape index (κ2) is 15.3. The third-order valence-electron chi connectivity index (χ3n) is 7.00. The lowest BCUT2D eigenvalue weighted by Gasteiger charge is -2.22. The molecule has 232 valence electrons. The fraction of sp³-hybridized carbons (Fsp3) is 0.375. The van der Waals surface area contributed by atoms with Gasteiger partial charge in [0.05, 0.1) is 21.2 Å². The van der Waals surface area contributed by atoms with Crippen molar-refractivity contribution in [1.29, 1.82) is 0 Å². The second-order valence-electron chi connectivity index (χ2n) is 10.4. The molecule has 0 saturated carbocycles. The molecule has 2 heterocycles. The van der Waals surface area contributed by atoms with E-state index in [2.05, 4.69) is 0 Å². The number of hydrogen-bond acceptors (Lipinski definition) is 8. The molecule has 0 aromatic heterocycles. The number of rotatable bonds is 12. The molecule has 0 bridgehead atoms. The highest BCUT2D eigenvalue weighted by atomic mass is 32.2. The summed E-state index contributed by atoms with van der Waals surface area (Å²) in [6, 6.07) is 13.7. The summed E-state index contributed by atoms with van der Waals surface area (Å²) in [5.74, 6) is -1.09. The lowest BCUT2D eigenvalue weighted by Crippen LogP contribution is -2.33. The third kappa shape index (κ3) is 7.09. The lowest BCUT2D eigenvalue weighted by atomic mass is 10.1. The van der Waals surface area contributed by atoms with Crippen LogP contribution in [0.2, 0.25) is 0 Å². The first-order chi connectivity index (χ1) is 21.2. The van der Waals surface area contributed by atoms with Crippen molar-refractivity contribution in [2.24, 2.45) is 0 Å².